The van der Waals surface area contributed by atoms with Crippen molar-refractivity contribution in [1.29, 1.82) is 0 Å². The van der Waals surface area contributed by atoms with Gasteiger partial charge < -0.3 is 4.74 Å². The first-order valence-electron chi connectivity index (χ1n) is 6.15. The number of amides is 2. The molecule has 2 aliphatic heterocycles. The minimum atomic E-state index is -3.63. The standard InChI is InChI=1S/C12H11BrN2O5S/c13-9-3-1-2-4-10(9)21(18,19)14-5-8(6-14)15-11(16)7-20-12(15)17/h1-4,8H,5-7H2. The van der Waals surface area contributed by atoms with E-state index in [-0.39, 0.29) is 24.6 Å². The molecular formula is C12H11BrN2O5S. The Morgan fingerprint density at radius 2 is 1.86 bits per heavy atom. The summed E-state index contributed by atoms with van der Waals surface area (Å²) >= 11 is 3.21. The van der Waals surface area contributed by atoms with Crippen molar-refractivity contribution in [2.45, 2.75) is 10.9 Å². The van der Waals surface area contributed by atoms with Crippen molar-refractivity contribution in [3.8, 4) is 0 Å². The number of ether oxygens (including phenoxy) is 1. The lowest BCUT2D eigenvalue weighted by Gasteiger charge is -2.40. The molecule has 1 aromatic carbocycles. The Balaban J connectivity index is 1.75. The largest absolute Gasteiger partial charge is 0.439 e. The van der Waals surface area contributed by atoms with Crippen LogP contribution in [0.5, 0.6) is 0 Å². The fraction of sp³-hybridized carbons (Fsp3) is 0.333. The molecule has 0 N–H and O–H groups in total. The molecule has 2 fully saturated rings. The molecule has 2 aliphatic rings. The van der Waals surface area contributed by atoms with Gasteiger partial charge >= 0.3 is 6.09 Å². The van der Waals surface area contributed by atoms with E-state index >= 15 is 0 Å². The van der Waals surface area contributed by atoms with E-state index in [9.17, 15) is 18.0 Å². The highest BCUT2D eigenvalue weighted by Gasteiger charge is 2.47. The summed E-state index contributed by atoms with van der Waals surface area (Å²) in [5.41, 5.74) is 0. The smallest absolute Gasteiger partial charge is 0.417 e. The van der Waals surface area contributed by atoms with Crippen LogP contribution >= 0.6 is 15.9 Å². The number of cyclic esters (lactones) is 1. The summed E-state index contributed by atoms with van der Waals surface area (Å²) in [5.74, 6) is -0.428. The summed E-state index contributed by atoms with van der Waals surface area (Å²) in [6.07, 6.45) is -0.706. The average Bonchev–Trinajstić information content (AvgIpc) is 2.69. The molecule has 0 spiro atoms. The van der Waals surface area contributed by atoms with Gasteiger partial charge in [-0.05, 0) is 28.1 Å². The third-order valence-electron chi connectivity index (χ3n) is 3.43. The molecule has 3 rings (SSSR count). The number of nitrogens with zero attached hydrogens (tertiary/aromatic N) is 2. The minimum absolute atomic E-state index is 0.0878. The van der Waals surface area contributed by atoms with Crippen LogP contribution in [-0.2, 0) is 19.6 Å². The van der Waals surface area contributed by atoms with Crippen molar-refractivity contribution >= 4 is 38.0 Å². The molecule has 0 radical (unpaired) electrons. The maximum atomic E-state index is 12.4. The van der Waals surface area contributed by atoms with Gasteiger partial charge in [-0.25, -0.2) is 18.1 Å². The Labute approximate surface area is 129 Å². The van der Waals surface area contributed by atoms with Crippen LogP contribution in [0, 0.1) is 0 Å². The van der Waals surface area contributed by atoms with E-state index in [1.54, 1.807) is 18.2 Å². The molecule has 21 heavy (non-hydrogen) atoms. The van der Waals surface area contributed by atoms with E-state index in [2.05, 4.69) is 20.7 Å². The first kappa shape index (κ1) is 14.5. The molecule has 2 amide bonds. The van der Waals surface area contributed by atoms with Crippen LogP contribution in [0.4, 0.5) is 4.79 Å². The maximum Gasteiger partial charge on any atom is 0.417 e. The van der Waals surface area contributed by atoms with E-state index < -0.39 is 28.1 Å². The molecule has 0 aromatic heterocycles. The monoisotopic (exact) mass is 374 g/mol. The van der Waals surface area contributed by atoms with Gasteiger partial charge in [-0.1, -0.05) is 12.1 Å². The average molecular weight is 375 g/mol. The molecule has 112 valence electrons. The summed E-state index contributed by atoms with van der Waals surface area (Å²) in [4.78, 5) is 24.1. The first-order chi connectivity index (χ1) is 9.91. The van der Waals surface area contributed by atoms with Gasteiger partial charge in [0.25, 0.3) is 5.91 Å². The van der Waals surface area contributed by atoms with E-state index in [1.807, 2.05) is 0 Å². The Morgan fingerprint density at radius 1 is 1.19 bits per heavy atom. The van der Waals surface area contributed by atoms with Crippen LogP contribution in [0.15, 0.2) is 33.6 Å². The van der Waals surface area contributed by atoms with Crippen molar-refractivity contribution in [3.05, 3.63) is 28.7 Å². The molecule has 0 bridgehead atoms. The van der Waals surface area contributed by atoms with E-state index in [1.165, 1.54) is 10.4 Å². The van der Waals surface area contributed by atoms with Gasteiger partial charge in [0.15, 0.2) is 6.61 Å². The van der Waals surface area contributed by atoms with Gasteiger partial charge in [0.1, 0.15) is 0 Å². The van der Waals surface area contributed by atoms with E-state index in [0.29, 0.717) is 4.47 Å². The summed E-state index contributed by atoms with van der Waals surface area (Å²) < 4.78 is 31.2. The molecule has 9 heteroatoms. The number of imide groups is 1. The van der Waals surface area contributed by atoms with Gasteiger partial charge in [0.05, 0.1) is 10.9 Å². The fourth-order valence-electron chi connectivity index (χ4n) is 2.29. The minimum Gasteiger partial charge on any atom is -0.439 e. The molecular weight excluding hydrogens is 364 g/mol. The predicted octanol–water partition coefficient (Wildman–Crippen LogP) is 0.801. The molecule has 2 saturated heterocycles. The molecule has 7 nitrogen and oxygen atoms in total. The number of carbonyl (C=O) groups is 2. The maximum absolute atomic E-state index is 12.4. The van der Waals surface area contributed by atoms with Crippen molar-refractivity contribution in [2.75, 3.05) is 19.7 Å². The molecule has 0 atom stereocenters. The Kier molecular flexibility index (Phi) is 3.50. The van der Waals surface area contributed by atoms with Gasteiger partial charge in [-0.2, -0.15) is 4.31 Å². The van der Waals surface area contributed by atoms with Gasteiger partial charge in [-0.3, -0.25) is 4.79 Å². The highest BCUT2D eigenvalue weighted by Crippen LogP contribution is 2.29. The van der Waals surface area contributed by atoms with Crippen molar-refractivity contribution in [2.24, 2.45) is 0 Å². The van der Waals surface area contributed by atoms with Crippen LogP contribution < -0.4 is 0 Å². The lowest BCUT2D eigenvalue weighted by molar-refractivity contribution is -0.128. The predicted molar refractivity (Wildman–Crippen MR) is 74.9 cm³/mol. The second-order valence-corrected chi connectivity index (χ2v) is 7.49. The van der Waals surface area contributed by atoms with Crippen LogP contribution in [0.25, 0.3) is 0 Å². The number of hydrogen-bond donors (Lipinski definition) is 0. The molecule has 2 heterocycles. The van der Waals surface area contributed by atoms with Crippen LogP contribution in [0.2, 0.25) is 0 Å². The Bertz CT molecular complexity index is 698. The normalized spacial score (nSPS) is 20.5. The van der Waals surface area contributed by atoms with Crippen LogP contribution in [0.1, 0.15) is 0 Å². The number of hydrogen-bond acceptors (Lipinski definition) is 5. The van der Waals surface area contributed by atoms with E-state index in [0.717, 1.165) is 4.90 Å². The number of sulfonamides is 1. The summed E-state index contributed by atoms with van der Waals surface area (Å²) in [6.45, 7) is -0.0959. The van der Waals surface area contributed by atoms with Gasteiger partial charge in [-0.15, -0.1) is 0 Å². The van der Waals surface area contributed by atoms with Crippen LogP contribution in [0.3, 0.4) is 0 Å². The topological polar surface area (TPSA) is 84.0 Å². The highest BCUT2D eigenvalue weighted by atomic mass is 79.9. The van der Waals surface area contributed by atoms with Crippen molar-refractivity contribution in [3.63, 3.8) is 0 Å². The second kappa shape index (κ2) is 5.08. The highest BCUT2D eigenvalue weighted by molar-refractivity contribution is 9.10. The van der Waals surface area contributed by atoms with Gasteiger partial charge in [0.2, 0.25) is 10.0 Å². The number of benzene rings is 1. The lowest BCUT2D eigenvalue weighted by atomic mass is 10.1. The second-order valence-electron chi connectivity index (χ2n) is 4.72. The zero-order chi connectivity index (χ0) is 15.2. The molecule has 0 unspecified atom stereocenters. The number of carbonyl (C=O) groups excluding carboxylic acids is 2. The summed E-state index contributed by atoms with van der Waals surface area (Å²) in [6, 6.07) is 6.05. The molecule has 1 aromatic rings. The van der Waals surface area contributed by atoms with E-state index in [4.69, 9.17) is 0 Å². The third kappa shape index (κ3) is 2.34. The van der Waals surface area contributed by atoms with Crippen molar-refractivity contribution in [1.82, 2.24) is 9.21 Å². The van der Waals surface area contributed by atoms with Gasteiger partial charge in [0, 0.05) is 17.6 Å². The SMILES string of the molecule is O=C1COC(=O)N1C1CN(S(=O)(=O)c2ccccc2Br)C1. The number of halogens is 1. The van der Waals surface area contributed by atoms with Crippen LogP contribution in [-0.4, -0.2) is 55.4 Å². The zero-order valence-electron chi connectivity index (χ0n) is 10.7. The molecule has 0 saturated carbocycles. The quantitative estimate of drug-likeness (QED) is 0.781. The zero-order valence-corrected chi connectivity index (χ0v) is 13.1. The summed E-state index contributed by atoms with van der Waals surface area (Å²) in [5, 5.41) is 0. The third-order valence-corrected chi connectivity index (χ3v) is 6.28. The summed E-state index contributed by atoms with van der Waals surface area (Å²) in [7, 11) is -3.63. The lowest BCUT2D eigenvalue weighted by Crippen LogP contribution is -2.62. The van der Waals surface area contributed by atoms with Crippen molar-refractivity contribution < 1.29 is 22.7 Å². The fourth-order valence-corrected chi connectivity index (χ4v) is 4.76. The first-order valence-corrected chi connectivity index (χ1v) is 8.38. The number of rotatable bonds is 3. The molecule has 0 aliphatic carbocycles. The Hall–Kier alpha value is -1.45. The Morgan fingerprint density at radius 3 is 2.43 bits per heavy atom.